The SMILES string of the molecule is Cc1ccc(Nc2cccc([C@@H]3CCCN3)c2)cc1. The van der Waals surface area contributed by atoms with Crippen LogP contribution in [0.4, 0.5) is 11.4 Å². The molecule has 2 nitrogen and oxygen atoms in total. The summed E-state index contributed by atoms with van der Waals surface area (Å²) in [6.07, 6.45) is 2.52. The van der Waals surface area contributed by atoms with Crippen molar-refractivity contribution in [2.45, 2.75) is 25.8 Å². The van der Waals surface area contributed by atoms with Crippen LogP contribution in [0.5, 0.6) is 0 Å². The zero-order chi connectivity index (χ0) is 13.1. The number of anilines is 2. The number of hydrogen-bond donors (Lipinski definition) is 2. The van der Waals surface area contributed by atoms with E-state index in [2.05, 4.69) is 66.1 Å². The summed E-state index contributed by atoms with van der Waals surface area (Å²) in [6, 6.07) is 17.7. The fraction of sp³-hybridized carbons (Fsp3) is 0.294. The highest BCUT2D eigenvalue weighted by atomic mass is 14.9. The first-order valence-electron chi connectivity index (χ1n) is 6.98. The van der Waals surface area contributed by atoms with E-state index in [9.17, 15) is 0 Å². The molecule has 2 heteroatoms. The largest absolute Gasteiger partial charge is 0.356 e. The summed E-state index contributed by atoms with van der Waals surface area (Å²) in [4.78, 5) is 0. The lowest BCUT2D eigenvalue weighted by molar-refractivity contribution is 0.648. The van der Waals surface area contributed by atoms with Gasteiger partial charge >= 0.3 is 0 Å². The molecule has 0 saturated carbocycles. The molecule has 0 bridgehead atoms. The monoisotopic (exact) mass is 252 g/mol. The van der Waals surface area contributed by atoms with Crippen LogP contribution in [-0.2, 0) is 0 Å². The summed E-state index contributed by atoms with van der Waals surface area (Å²) in [7, 11) is 0. The second kappa shape index (κ2) is 5.45. The Morgan fingerprint density at radius 2 is 1.89 bits per heavy atom. The molecular formula is C17H20N2. The third-order valence-corrected chi connectivity index (χ3v) is 3.69. The molecule has 1 aliphatic rings. The Bertz CT molecular complexity index is 539. The van der Waals surface area contributed by atoms with Gasteiger partial charge in [0.05, 0.1) is 0 Å². The highest BCUT2D eigenvalue weighted by Crippen LogP contribution is 2.26. The predicted octanol–water partition coefficient (Wildman–Crippen LogP) is 4.16. The molecule has 1 aliphatic heterocycles. The molecule has 0 radical (unpaired) electrons. The van der Waals surface area contributed by atoms with E-state index in [4.69, 9.17) is 0 Å². The summed E-state index contributed by atoms with van der Waals surface area (Å²) >= 11 is 0. The Morgan fingerprint density at radius 3 is 2.63 bits per heavy atom. The molecule has 1 saturated heterocycles. The molecule has 1 heterocycles. The number of aryl methyl sites for hydroxylation is 1. The van der Waals surface area contributed by atoms with E-state index >= 15 is 0 Å². The third kappa shape index (κ3) is 2.96. The van der Waals surface area contributed by atoms with E-state index in [0.29, 0.717) is 6.04 Å². The standard InChI is InChI=1S/C17H20N2/c1-13-7-9-15(10-8-13)19-16-5-2-4-14(12-16)17-6-3-11-18-17/h2,4-5,7-10,12,17-19H,3,6,11H2,1H3/t17-/m0/s1. The van der Waals surface area contributed by atoms with Gasteiger partial charge in [-0.05, 0) is 56.1 Å². The summed E-state index contributed by atoms with van der Waals surface area (Å²) in [6.45, 7) is 3.25. The second-order valence-corrected chi connectivity index (χ2v) is 5.27. The number of benzene rings is 2. The van der Waals surface area contributed by atoms with Crippen LogP contribution in [0.2, 0.25) is 0 Å². The zero-order valence-corrected chi connectivity index (χ0v) is 11.3. The summed E-state index contributed by atoms with van der Waals surface area (Å²) in [5, 5.41) is 7.01. The molecule has 2 aromatic rings. The third-order valence-electron chi connectivity index (χ3n) is 3.69. The Hall–Kier alpha value is -1.80. The lowest BCUT2D eigenvalue weighted by Gasteiger charge is -2.13. The molecule has 1 fully saturated rings. The molecule has 3 rings (SSSR count). The van der Waals surface area contributed by atoms with Crippen molar-refractivity contribution in [2.75, 3.05) is 11.9 Å². The summed E-state index contributed by atoms with van der Waals surface area (Å²) in [5.74, 6) is 0. The molecule has 0 aromatic heterocycles. The van der Waals surface area contributed by atoms with Crippen LogP contribution in [0.25, 0.3) is 0 Å². The normalized spacial score (nSPS) is 18.5. The molecular weight excluding hydrogens is 232 g/mol. The van der Waals surface area contributed by atoms with Gasteiger partial charge in [0, 0.05) is 17.4 Å². The van der Waals surface area contributed by atoms with Gasteiger partial charge in [-0.15, -0.1) is 0 Å². The Labute approximate surface area is 114 Å². The van der Waals surface area contributed by atoms with Crippen molar-refractivity contribution in [1.82, 2.24) is 5.32 Å². The van der Waals surface area contributed by atoms with Crippen LogP contribution < -0.4 is 10.6 Å². The van der Waals surface area contributed by atoms with Crippen molar-refractivity contribution in [3.05, 3.63) is 59.7 Å². The van der Waals surface area contributed by atoms with E-state index in [0.717, 1.165) is 17.9 Å². The molecule has 0 unspecified atom stereocenters. The topological polar surface area (TPSA) is 24.1 Å². The molecule has 2 N–H and O–H groups in total. The van der Waals surface area contributed by atoms with Crippen LogP contribution in [-0.4, -0.2) is 6.54 Å². The first kappa shape index (κ1) is 12.2. The van der Waals surface area contributed by atoms with Crippen LogP contribution in [0.1, 0.15) is 30.0 Å². The van der Waals surface area contributed by atoms with Crippen LogP contribution >= 0.6 is 0 Å². The predicted molar refractivity (Wildman–Crippen MR) is 80.9 cm³/mol. The smallest absolute Gasteiger partial charge is 0.0387 e. The highest BCUT2D eigenvalue weighted by Gasteiger charge is 2.15. The van der Waals surface area contributed by atoms with E-state index in [1.54, 1.807) is 0 Å². The quantitative estimate of drug-likeness (QED) is 0.857. The van der Waals surface area contributed by atoms with Crippen molar-refractivity contribution in [2.24, 2.45) is 0 Å². The van der Waals surface area contributed by atoms with Crippen molar-refractivity contribution < 1.29 is 0 Å². The van der Waals surface area contributed by atoms with E-state index in [-0.39, 0.29) is 0 Å². The van der Waals surface area contributed by atoms with Gasteiger partial charge in [0.2, 0.25) is 0 Å². The molecule has 19 heavy (non-hydrogen) atoms. The summed E-state index contributed by atoms with van der Waals surface area (Å²) in [5.41, 5.74) is 4.97. The fourth-order valence-corrected chi connectivity index (χ4v) is 2.61. The van der Waals surface area contributed by atoms with Crippen molar-refractivity contribution in [3.63, 3.8) is 0 Å². The molecule has 1 atom stereocenters. The van der Waals surface area contributed by atoms with E-state index in [1.165, 1.54) is 24.0 Å². The molecule has 0 spiro atoms. The number of nitrogens with one attached hydrogen (secondary N) is 2. The summed E-state index contributed by atoms with van der Waals surface area (Å²) < 4.78 is 0. The van der Waals surface area contributed by atoms with Gasteiger partial charge in [-0.1, -0.05) is 29.8 Å². The van der Waals surface area contributed by atoms with Crippen molar-refractivity contribution in [3.8, 4) is 0 Å². The van der Waals surface area contributed by atoms with E-state index in [1.807, 2.05) is 0 Å². The Balaban J connectivity index is 1.77. The maximum absolute atomic E-state index is 3.54. The Kier molecular flexibility index (Phi) is 3.51. The molecule has 98 valence electrons. The lowest BCUT2D eigenvalue weighted by atomic mass is 10.0. The number of rotatable bonds is 3. The first-order chi connectivity index (χ1) is 9.31. The van der Waals surface area contributed by atoms with Gasteiger partial charge in [-0.2, -0.15) is 0 Å². The van der Waals surface area contributed by atoms with Gasteiger partial charge in [0.25, 0.3) is 0 Å². The lowest BCUT2D eigenvalue weighted by Crippen LogP contribution is -2.12. The van der Waals surface area contributed by atoms with Gasteiger partial charge in [-0.3, -0.25) is 0 Å². The number of hydrogen-bond acceptors (Lipinski definition) is 2. The van der Waals surface area contributed by atoms with Crippen molar-refractivity contribution >= 4 is 11.4 Å². The average Bonchev–Trinajstić information content (AvgIpc) is 2.96. The van der Waals surface area contributed by atoms with Gasteiger partial charge in [-0.25, -0.2) is 0 Å². The first-order valence-corrected chi connectivity index (χ1v) is 6.98. The zero-order valence-electron chi connectivity index (χ0n) is 11.3. The minimum absolute atomic E-state index is 0.528. The Morgan fingerprint density at radius 1 is 1.05 bits per heavy atom. The molecule has 0 amide bonds. The van der Waals surface area contributed by atoms with Crippen LogP contribution in [0.3, 0.4) is 0 Å². The second-order valence-electron chi connectivity index (χ2n) is 5.27. The highest BCUT2D eigenvalue weighted by molar-refractivity contribution is 5.60. The average molecular weight is 252 g/mol. The van der Waals surface area contributed by atoms with Crippen LogP contribution in [0.15, 0.2) is 48.5 Å². The van der Waals surface area contributed by atoms with Gasteiger partial charge in [0.1, 0.15) is 0 Å². The minimum atomic E-state index is 0.528. The van der Waals surface area contributed by atoms with Crippen molar-refractivity contribution in [1.29, 1.82) is 0 Å². The van der Waals surface area contributed by atoms with Gasteiger partial charge < -0.3 is 10.6 Å². The fourth-order valence-electron chi connectivity index (χ4n) is 2.61. The van der Waals surface area contributed by atoms with Crippen LogP contribution in [0, 0.1) is 6.92 Å². The minimum Gasteiger partial charge on any atom is -0.356 e. The molecule has 2 aromatic carbocycles. The maximum atomic E-state index is 3.54. The molecule has 0 aliphatic carbocycles. The maximum Gasteiger partial charge on any atom is 0.0387 e. The van der Waals surface area contributed by atoms with E-state index < -0.39 is 0 Å². The van der Waals surface area contributed by atoms with Gasteiger partial charge in [0.15, 0.2) is 0 Å².